The molecule has 0 atom stereocenters. The van der Waals surface area contributed by atoms with Gasteiger partial charge in [0, 0.05) is 12.7 Å². The van der Waals surface area contributed by atoms with Gasteiger partial charge < -0.3 is 9.30 Å². The third kappa shape index (κ3) is 3.02. The molecule has 0 aromatic carbocycles. The predicted octanol–water partition coefficient (Wildman–Crippen LogP) is 0.221. The van der Waals surface area contributed by atoms with E-state index in [4.69, 9.17) is 4.74 Å². The molecular weight excluding hydrogens is 272 g/mol. The molecule has 2 aromatic heterocycles. The summed E-state index contributed by atoms with van der Waals surface area (Å²) in [4.78, 5) is 7.64. The van der Waals surface area contributed by atoms with E-state index in [1.54, 1.807) is 11.5 Å². The van der Waals surface area contributed by atoms with Crippen LogP contribution in [0.25, 0.3) is 0 Å². The van der Waals surface area contributed by atoms with Crippen LogP contribution in [0, 0.1) is 0 Å². The smallest absolute Gasteiger partial charge is 0.337 e. The highest BCUT2D eigenvalue weighted by Crippen LogP contribution is 2.12. The van der Waals surface area contributed by atoms with Crippen LogP contribution in [0.4, 0.5) is 5.95 Å². The Morgan fingerprint density at radius 2 is 2.26 bits per heavy atom. The van der Waals surface area contributed by atoms with Crippen LogP contribution in [0.1, 0.15) is 13.8 Å². The average molecular weight is 286 g/mol. The van der Waals surface area contributed by atoms with Gasteiger partial charge in [0.1, 0.15) is 0 Å². The number of aromatic amines is 1. The molecular formula is C9H14N6O3S. The van der Waals surface area contributed by atoms with E-state index in [0.29, 0.717) is 13.2 Å². The van der Waals surface area contributed by atoms with Gasteiger partial charge in [-0.3, -0.25) is 0 Å². The number of imidazole rings is 1. The van der Waals surface area contributed by atoms with Crippen molar-refractivity contribution in [1.82, 2.24) is 24.7 Å². The molecule has 0 radical (unpaired) electrons. The van der Waals surface area contributed by atoms with E-state index in [1.807, 2.05) is 6.92 Å². The maximum atomic E-state index is 12.0. The summed E-state index contributed by atoms with van der Waals surface area (Å²) in [6, 6.07) is 0.0827. The zero-order chi connectivity index (χ0) is 13.9. The minimum Gasteiger partial charge on any atom is -0.463 e. The van der Waals surface area contributed by atoms with Crippen molar-refractivity contribution in [3.8, 4) is 6.01 Å². The van der Waals surface area contributed by atoms with E-state index in [9.17, 15) is 8.42 Å². The summed E-state index contributed by atoms with van der Waals surface area (Å²) in [7, 11) is -3.78. The fourth-order valence-electron chi connectivity index (χ4n) is 1.32. The molecule has 19 heavy (non-hydrogen) atoms. The van der Waals surface area contributed by atoms with Gasteiger partial charge in [0.05, 0.1) is 12.9 Å². The summed E-state index contributed by atoms with van der Waals surface area (Å²) in [6.45, 7) is 4.69. The molecule has 0 saturated carbocycles. The number of sulfonamides is 1. The first-order valence-corrected chi connectivity index (χ1v) is 7.13. The summed E-state index contributed by atoms with van der Waals surface area (Å²) in [5.41, 5.74) is 0. The Morgan fingerprint density at radius 1 is 1.47 bits per heavy atom. The molecule has 104 valence electrons. The van der Waals surface area contributed by atoms with Gasteiger partial charge in [-0.15, -0.1) is 5.10 Å². The van der Waals surface area contributed by atoms with E-state index in [2.05, 4.69) is 24.9 Å². The molecule has 2 aromatic rings. The van der Waals surface area contributed by atoms with Crippen LogP contribution >= 0.6 is 0 Å². The molecule has 2 rings (SSSR count). The lowest BCUT2D eigenvalue weighted by atomic mass is 10.7. The predicted molar refractivity (Wildman–Crippen MR) is 66.3 cm³/mol. The minimum absolute atomic E-state index is 0.0190. The second-order valence-electron chi connectivity index (χ2n) is 3.55. The van der Waals surface area contributed by atoms with E-state index in [-0.39, 0.29) is 17.0 Å². The number of hydrogen-bond acceptors (Lipinski definition) is 6. The molecule has 0 amide bonds. The van der Waals surface area contributed by atoms with Crippen molar-refractivity contribution in [2.45, 2.75) is 25.4 Å². The Kier molecular flexibility index (Phi) is 3.69. The van der Waals surface area contributed by atoms with E-state index < -0.39 is 10.0 Å². The van der Waals surface area contributed by atoms with Gasteiger partial charge in [0.2, 0.25) is 5.95 Å². The van der Waals surface area contributed by atoms with E-state index in [1.165, 1.54) is 12.5 Å². The minimum atomic E-state index is -3.78. The van der Waals surface area contributed by atoms with Crippen LogP contribution in [0.3, 0.4) is 0 Å². The summed E-state index contributed by atoms with van der Waals surface area (Å²) in [5.74, 6) is -0.0190. The zero-order valence-corrected chi connectivity index (χ0v) is 11.3. The molecule has 0 aliphatic heterocycles. The van der Waals surface area contributed by atoms with Crippen LogP contribution in [0.2, 0.25) is 0 Å². The average Bonchev–Trinajstić information content (AvgIpc) is 2.98. The van der Waals surface area contributed by atoms with Gasteiger partial charge in [-0.2, -0.15) is 13.4 Å². The maximum absolute atomic E-state index is 12.0. The highest BCUT2D eigenvalue weighted by atomic mass is 32.2. The molecule has 2 heterocycles. The van der Waals surface area contributed by atoms with Crippen LogP contribution in [0.5, 0.6) is 6.01 Å². The van der Waals surface area contributed by atoms with Gasteiger partial charge in [-0.1, -0.05) is 0 Å². The number of aromatic nitrogens is 5. The Balaban J connectivity index is 2.15. The number of H-pyrrole nitrogens is 1. The van der Waals surface area contributed by atoms with Crippen molar-refractivity contribution in [1.29, 1.82) is 0 Å². The van der Waals surface area contributed by atoms with Crippen LogP contribution in [0.15, 0.2) is 17.6 Å². The monoisotopic (exact) mass is 286 g/mol. The summed E-state index contributed by atoms with van der Waals surface area (Å²) in [5, 5.41) is 6.04. The van der Waals surface area contributed by atoms with Gasteiger partial charge in [0.25, 0.3) is 10.0 Å². The number of nitrogens with one attached hydrogen (secondary N) is 2. The van der Waals surface area contributed by atoms with Crippen LogP contribution in [-0.4, -0.2) is 39.8 Å². The normalized spacial score (nSPS) is 11.5. The molecule has 0 spiro atoms. The first kappa shape index (κ1) is 13.3. The number of aryl methyl sites for hydroxylation is 1. The number of rotatable bonds is 6. The largest absolute Gasteiger partial charge is 0.463 e. The topological polar surface area (TPSA) is 115 Å². The highest BCUT2D eigenvalue weighted by Gasteiger charge is 2.19. The summed E-state index contributed by atoms with van der Waals surface area (Å²) in [6.07, 6.45) is 2.88. The first-order chi connectivity index (χ1) is 9.05. The van der Waals surface area contributed by atoms with Crippen molar-refractivity contribution >= 4 is 16.0 Å². The third-order valence-corrected chi connectivity index (χ3v) is 3.44. The lowest BCUT2D eigenvalue weighted by Gasteiger charge is -2.00. The van der Waals surface area contributed by atoms with Gasteiger partial charge >= 0.3 is 6.01 Å². The number of nitrogens with zero attached hydrogens (tertiary/aromatic N) is 4. The quantitative estimate of drug-likeness (QED) is 0.785. The Hall–Kier alpha value is -2.10. The zero-order valence-electron chi connectivity index (χ0n) is 10.5. The molecule has 0 aliphatic carbocycles. The number of anilines is 1. The highest BCUT2D eigenvalue weighted by molar-refractivity contribution is 7.92. The molecule has 0 bridgehead atoms. The van der Waals surface area contributed by atoms with Crippen molar-refractivity contribution in [2.24, 2.45) is 0 Å². The third-order valence-electron chi connectivity index (χ3n) is 2.22. The fourth-order valence-corrected chi connectivity index (χ4v) is 2.23. The number of ether oxygens (including phenoxy) is 1. The SMILES string of the molecule is CCOc1n[nH]c(NS(=O)(=O)c2cn(CC)cn2)n1. The van der Waals surface area contributed by atoms with Crippen LogP contribution in [-0.2, 0) is 16.6 Å². The van der Waals surface area contributed by atoms with Gasteiger partial charge in [-0.05, 0) is 13.8 Å². The maximum Gasteiger partial charge on any atom is 0.337 e. The fraction of sp³-hybridized carbons (Fsp3) is 0.444. The lowest BCUT2D eigenvalue weighted by molar-refractivity contribution is 0.314. The second-order valence-corrected chi connectivity index (χ2v) is 5.18. The summed E-state index contributed by atoms with van der Waals surface area (Å²) < 4.78 is 32.9. The Morgan fingerprint density at radius 3 is 2.89 bits per heavy atom. The molecule has 2 N–H and O–H groups in total. The summed E-state index contributed by atoms with van der Waals surface area (Å²) >= 11 is 0. The molecule has 0 saturated heterocycles. The van der Waals surface area contributed by atoms with Gasteiger partial charge in [0.15, 0.2) is 5.03 Å². The lowest BCUT2D eigenvalue weighted by Crippen LogP contribution is -2.14. The van der Waals surface area contributed by atoms with E-state index >= 15 is 0 Å². The number of hydrogen-bond donors (Lipinski definition) is 2. The Bertz CT molecular complexity index is 646. The van der Waals surface area contributed by atoms with Crippen LogP contribution < -0.4 is 9.46 Å². The molecule has 9 nitrogen and oxygen atoms in total. The van der Waals surface area contributed by atoms with E-state index in [0.717, 1.165) is 0 Å². The molecule has 10 heteroatoms. The molecule has 0 fully saturated rings. The van der Waals surface area contributed by atoms with Gasteiger partial charge in [-0.25, -0.2) is 14.8 Å². The Labute approximate surface area is 110 Å². The standard InChI is InChI=1S/C9H14N6O3S/c1-3-15-5-7(10-6-15)19(16,17)14-8-11-9(13-12-8)18-4-2/h5-6H,3-4H2,1-2H3,(H2,11,12,13,14). The van der Waals surface area contributed by atoms with Crippen molar-refractivity contribution in [3.05, 3.63) is 12.5 Å². The second kappa shape index (κ2) is 5.26. The van der Waals surface area contributed by atoms with Crippen molar-refractivity contribution < 1.29 is 13.2 Å². The molecule has 0 aliphatic rings. The first-order valence-electron chi connectivity index (χ1n) is 5.65. The van der Waals surface area contributed by atoms with Crippen molar-refractivity contribution in [3.63, 3.8) is 0 Å². The van der Waals surface area contributed by atoms with Crippen molar-refractivity contribution in [2.75, 3.05) is 11.3 Å². The molecule has 0 unspecified atom stereocenters.